The van der Waals surface area contributed by atoms with Crippen LogP contribution in [0.25, 0.3) is 10.2 Å². The average Bonchev–Trinajstić information content (AvgIpc) is 2.73. The van der Waals surface area contributed by atoms with Crippen LogP contribution in [0.4, 0.5) is 0 Å². The quantitative estimate of drug-likeness (QED) is 0.695. The zero-order valence-electron chi connectivity index (χ0n) is 9.08. The maximum atomic E-state index is 5.99. The van der Waals surface area contributed by atoms with E-state index in [1.54, 1.807) is 0 Å². The van der Waals surface area contributed by atoms with Crippen molar-refractivity contribution in [3.63, 3.8) is 0 Å². The van der Waals surface area contributed by atoms with Crippen molar-refractivity contribution in [3.05, 3.63) is 28.2 Å². The van der Waals surface area contributed by atoms with Crippen LogP contribution < -0.4 is 0 Å². The molecule has 1 saturated carbocycles. The number of hydrogen-bond acceptors (Lipinski definition) is 2. The summed E-state index contributed by atoms with van der Waals surface area (Å²) in [5.74, 6) is 0.699. The van der Waals surface area contributed by atoms with Gasteiger partial charge in [-0.2, -0.15) is 0 Å². The molecule has 0 aliphatic heterocycles. The van der Waals surface area contributed by atoms with E-state index in [2.05, 4.69) is 0 Å². The molecule has 3 heteroatoms. The minimum Gasteiger partial charge on any atom is -0.241 e. The number of nitrogens with zero attached hydrogens (tertiary/aromatic N) is 1. The second-order valence-electron chi connectivity index (χ2n) is 4.50. The molecule has 1 aromatic heterocycles. The molecule has 3 rings (SSSR count). The smallest absolute Gasteiger partial charge is 0.0969 e. The lowest BCUT2D eigenvalue weighted by Crippen LogP contribution is -2.03. The first-order valence-corrected chi connectivity index (χ1v) is 7.08. The summed E-state index contributed by atoms with van der Waals surface area (Å²) < 4.78 is 1.23. The Balaban J connectivity index is 1.97. The Kier molecular flexibility index (Phi) is 2.86. The fraction of sp³-hybridized carbons (Fsp3) is 0.462. The van der Waals surface area contributed by atoms with Gasteiger partial charge in [0.2, 0.25) is 0 Å². The minimum absolute atomic E-state index is 0.699. The molecule has 1 heterocycles. The number of rotatable bonds is 1. The fourth-order valence-electron chi connectivity index (χ4n) is 2.44. The Morgan fingerprint density at radius 1 is 1.19 bits per heavy atom. The molecule has 84 valence electrons. The van der Waals surface area contributed by atoms with Crippen LogP contribution >= 0.6 is 22.9 Å². The van der Waals surface area contributed by atoms with Gasteiger partial charge in [0.1, 0.15) is 0 Å². The van der Waals surface area contributed by atoms with Crippen LogP contribution in [0.1, 0.15) is 43.0 Å². The maximum absolute atomic E-state index is 5.99. The number of thiazole rings is 1. The molecule has 0 atom stereocenters. The maximum Gasteiger partial charge on any atom is 0.0969 e. The zero-order chi connectivity index (χ0) is 11.0. The average molecular weight is 252 g/mol. The normalized spacial score (nSPS) is 18.1. The van der Waals surface area contributed by atoms with Gasteiger partial charge in [-0.05, 0) is 31.0 Å². The predicted octanol–water partition coefficient (Wildman–Crippen LogP) is 5.00. The van der Waals surface area contributed by atoms with Gasteiger partial charge in [-0.3, -0.25) is 0 Å². The number of halogens is 1. The van der Waals surface area contributed by atoms with Crippen molar-refractivity contribution in [2.75, 3.05) is 0 Å². The second-order valence-corrected chi connectivity index (χ2v) is 6.00. The summed E-state index contributed by atoms with van der Waals surface area (Å²) in [4.78, 5) is 4.74. The van der Waals surface area contributed by atoms with Gasteiger partial charge >= 0.3 is 0 Å². The first kappa shape index (κ1) is 10.5. The molecular formula is C13H14ClNS. The van der Waals surface area contributed by atoms with E-state index in [9.17, 15) is 0 Å². The number of fused-ring (bicyclic) bond motifs is 1. The highest BCUT2D eigenvalue weighted by Gasteiger charge is 2.19. The van der Waals surface area contributed by atoms with Gasteiger partial charge in [0, 0.05) is 10.9 Å². The van der Waals surface area contributed by atoms with Gasteiger partial charge in [-0.15, -0.1) is 11.3 Å². The van der Waals surface area contributed by atoms with E-state index in [1.807, 2.05) is 29.5 Å². The monoisotopic (exact) mass is 251 g/mol. The van der Waals surface area contributed by atoms with Gasteiger partial charge in [-0.1, -0.05) is 30.9 Å². The van der Waals surface area contributed by atoms with Gasteiger partial charge in [0.15, 0.2) is 0 Å². The first-order chi connectivity index (χ1) is 7.83. The third-order valence-corrected chi connectivity index (χ3v) is 4.74. The summed E-state index contributed by atoms with van der Waals surface area (Å²) in [6.45, 7) is 0. The molecule has 0 unspecified atom stereocenters. The molecule has 0 radical (unpaired) electrons. The number of aromatic nitrogens is 1. The van der Waals surface area contributed by atoms with Crippen molar-refractivity contribution in [1.29, 1.82) is 0 Å². The van der Waals surface area contributed by atoms with Gasteiger partial charge in [-0.25, -0.2) is 4.98 Å². The minimum atomic E-state index is 0.699. The van der Waals surface area contributed by atoms with Crippen LogP contribution in [-0.4, -0.2) is 4.98 Å². The van der Waals surface area contributed by atoms with E-state index in [1.165, 1.54) is 41.8 Å². The van der Waals surface area contributed by atoms with Crippen LogP contribution in [-0.2, 0) is 0 Å². The van der Waals surface area contributed by atoms with Crippen molar-refractivity contribution in [3.8, 4) is 0 Å². The predicted molar refractivity (Wildman–Crippen MR) is 70.5 cm³/mol. The summed E-state index contributed by atoms with van der Waals surface area (Å²) in [6, 6.07) is 5.98. The van der Waals surface area contributed by atoms with Crippen molar-refractivity contribution in [2.24, 2.45) is 0 Å². The Morgan fingerprint density at radius 2 is 2.00 bits per heavy atom. The van der Waals surface area contributed by atoms with Crippen LogP contribution in [0.5, 0.6) is 0 Å². The van der Waals surface area contributed by atoms with Crippen LogP contribution in [0.15, 0.2) is 18.2 Å². The number of hydrogen-bond donors (Lipinski definition) is 0. The SMILES string of the molecule is Clc1ccc2nc(C3CCCCC3)sc2c1. The van der Waals surface area contributed by atoms with Crippen LogP contribution in [0.2, 0.25) is 5.02 Å². The summed E-state index contributed by atoms with van der Waals surface area (Å²) in [7, 11) is 0. The van der Waals surface area contributed by atoms with Crippen molar-refractivity contribution in [2.45, 2.75) is 38.0 Å². The topological polar surface area (TPSA) is 12.9 Å². The van der Waals surface area contributed by atoms with Gasteiger partial charge in [0.25, 0.3) is 0 Å². The molecule has 1 aliphatic rings. The molecule has 0 spiro atoms. The van der Waals surface area contributed by atoms with E-state index < -0.39 is 0 Å². The second kappa shape index (κ2) is 4.34. The van der Waals surface area contributed by atoms with Crippen molar-refractivity contribution in [1.82, 2.24) is 4.98 Å². The Bertz CT molecular complexity index is 500. The molecule has 1 fully saturated rings. The zero-order valence-corrected chi connectivity index (χ0v) is 10.7. The lowest BCUT2D eigenvalue weighted by Gasteiger charge is -2.18. The lowest BCUT2D eigenvalue weighted by atomic mass is 9.90. The standard InChI is InChI=1S/C13H14ClNS/c14-10-6-7-11-12(8-10)16-13(15-11)9-4-2-1-3-5-9/h6-9H,1-5H2. The Labute approximate surface area is 104 Å². The molecule has 1 nitrogen and oxygen atoms in total. The first-order valence-electron chi connectivity index (χ1n) is 5.89. The third kappa shape index (κ3) is 1.96. The van der Waals surface area contributed by atoms with Crippen molar-refractivity contribution >= 4 is 33.2 Å². The summed E-state index contributed by atoms with van der Waals surface area (Å²) in [5, 5.41) is 2.13. The molecule has 1 aromatic carbocycles. The molecule has 2 aromatic rings. The largest absolute Gasteiger partial charge is 0.241 e. The molecule has 0 N–H and O–H groups in total. The van der Waals surface area contributed by atoms with E-state index in [-0.39, 0.29) is 0 Å². The lowest BCUT2D eigenvalue weighted by molar-refractivity contribution is 0.443. The van der Waals surface area contributed by atoms with E-state index in [4.69, 9.17) is 16.6 Å². The highest BCUT2D eigenvalue weighted by atomic mass is 35.5. The van der Waals surface area contributed by atoms with E-state index in [0.717, 1.165) is 10.5 Å². The molecule has 16 heavy (non-hydrogen) atoms. The summed E-state index contributed by atoms with van der Waals surface area (Å²) in [5.41, 5.74) is 1.11. The molecular weight excluding hydrogens is 238 g/mol. The Morgan fingerprint density at radius 3 is 2.81 bits per heavy atom. The highest BCUT2D eigenvalue weighted by molar-refractivity contribution is 7.18. The van der Waals surface area contributed by atoms with Crippen LogP contribution in [0.3, 0.4) is 0 Å². The molecule has 1 aliphatic carbocycles. The number of benzene rings is 1. The highest BCUT2D eigenvalue weighted by Crippen LogP contribution is 2.37. The van der Waals surface area contributed by atoms with E-state index >= 15 is 0 Å². The fourth-order valence-corrected chi connectivity index (χ4v) is 3.85. The Hall–Kier alpha value is -0.600. The summed E-state index contributed by atoms with van der Waals surface area (Å²) in [6.07, 6.45) is 6.75. The molecule has 0 bridgehead atoms. The van der Waals surface area contributed by atoms with Gasteiger partial charge < -0.3 is 0 Å². The molecule has 0 saturated heterocycles. The van der Waals surface area contributed by atoms with E-state index in [0.29, 0.717) is 5.92 Å². The molecule has 0 amide bonds. The summed E-state index contributed by atoms with van der Waals surface area (Å²) >= 11 is 7.82. The van der Waals surface area contributed by atoms with Crippen LogP contribution in [0, 0.1) is 0 Å². The third-order valence-electron chi connectivity index (χ3n) is 3.32. The van der Waals surface area contributed by atoms with Gasteiger partial charge in [0.05, 0.1) is 15.2 Å². The van der Waals surface area contributed by atoms with Crippen molar-refractivity contribution < 1.29 is 0 Å².